The summed E-state index contributed by atoms with van der Waals surface area (Å²) >= 11 is 3.45. The maximum Gasteiger partial charge on any atom is 0.264 e. The highest BCUT2D eigenvalue weighted by molar-refractivity contribution is 9.10. The van der Waals surface area contributed by atoms with Crippen molar-refractivity contribution in [3.8, 4) is 5.75 Å². The fourth-order valence-electron chi connectivity index (χ4n) is 5.77. The van der Waals surface area contributed by atoms with Crippen molar-refractivity contribution in [1.29, 1.82) is 0 Å². The molecule has 46 heavy (non-hydrogen) atoms. The average Bonchev–Trinajstić information content (AvgIpc) is 3.59. The molecule has 0 bridgehead atoms. The zero-order chi connectivity index (χ0) is 32.5. The van der Waals surface area contributed by atoms with Gasteiger partial charge in [0.15, 0.2) is 0 Å². The van der Waals surface area contributed by atoms with Gasteiger partial charge in [-0.2, -0.15) is 0 Å². The van der Waals surface area contributed by atoms with Crippen LogP contribution < -0.4 is 14.4 Å². The molecule has 0 spiro atoms. The van der Waals surface area contributed by atoms with Crippen LogP contribution >= 0.6 is 15.9 Å². The molecule has 1 N–H and O–H groups in total. The molecule has 0 aliphatic heterocycles. The van der Waals surface area contributed by atoms with E-state index in [1.807, 2.05) is 54.6 Å². The third-order valence-electron chi connectivity index (χ3n) is 8.17. The van der Waals surface area contributed by atoms with E-state index in [9.17, 15) is 18.0 Å². The molecule has 0 radical (unpaired) electrons. The third-order valence-corrected chi connectivity index (χ3v) is 10.4. The predicted molar refractivity (Wildman–Crippen MR) is 183 cm³/mol. The van der Waals surface area contributed by atoms with Gasteiger partial charge in [0.2, 0.25) is 11.8 Å². The van der Waals surface area contributed by atoms with Crippen molar-refractivity contribution in [2.45, 2.75) is 55.6 Å². The summed E-state index contributed by atoms with van der Waals surface area (Å²) in [6, 6.07) is 30.9. The number of ether oxygens (including phenoxy) is 1. The van der Waals surface area contributed by atoms with Crippen molar-refractivity contribution in [2.75, 3.05) is 18.0 Å². The van der Waals surface area contributed by atoms with Crippen LogP contribution in [0.3, 0.4) is 0 Å². The first-order chi connectivity index (χ1) is 22.2. The van der Waals surface area contributed by atoms with Crippen molar-refractivity contribution < 1.29 is 22.7 Å². The zero-order valence-electron chi connectivity index (χ0n) is 25.7. The number of sulfonamides is 1. The number of hydrogen-bond acceptors (Lipinski definition) is 5. The fourth-order valence-corrected chi connectivity index (χ4v) is 7.58. The summed E-state index contributed by atoms with van der Waals surface area (Å²) in [5, 5.41) is 3.20. The molecule has 10 heteroatoms. The lowest BCUT2D eigenvalue weighted by Gasteiger charge is -2.34. The van der Waals surface area contributed by atoms with Gasteiger partial charge in [-0.15, -0.1) is 0 Å². The van der Waals surface area contributed by atoms with Crippen LogP contribution in [0.5, 0.6) is 5.75 Å². The number of carbonyl (C=O) groups is 2. The number of nitrogens with zero attached hydrogens (tertiary/aromatic N) is 2. The number of methoxy groups -OCH3 is 1. The summed E-state index contributed by atoms with van der Waals surface area (Å²) in [7, 11) is -2.59. The Labute approximate surface area is 279 Å². The topological polar surface area (TPSA) is 96.0 Å². The van der Waals surface area contributed by atoms with Gasteiger partial charge in [-0.05, 0) is 66.4 Å². The minimum absolute atomic E-state index is 0.0381. The second kappa shape index (κ2) is 15.4. The summed E-state index contributed by atoms with van der Waals surface area (Å²) in [5.41, 5.74) is 1.96. The normalized spacial score (nSPS) is 14.0. The monoisotopic (exact) mass is 703 g/mol. The Morgan fingerprint density at radius 2 is 1.52 bits per heavy atom. The Hall–Kier alpha value is -4.15. The second-order valence-corrected chi connectivity index (χ2v) is 14.2. The summed E-state index contributed by atoms with van der Waals surface area (Å²) in [4.78, 5) is 30.3. The van der Waals surface area contributed by atoms with E-state index in [2.05, 4.69) is 21.2 Å². The quantitative estimate of drug-likeness (QED) is 0.175. The molecule has 1 fully saturated rings. The molecule has 1 aliphatic carbocycles. The highest BCUT2D eigenvalue weighted by Crippen LogP contribution is 2.28. The summed E-state index contributed by atoms with van der Waals surface area (Å²) in [6.07, 6.45) is 4.12. The number of rotatable bonds is 13. The lowest BCUT2D eigenvalue weighted by atomic mass is 10.0. The average molecular weight is 705 g/mol. The van der Waals surface area contributed by atoms with E-state index in [0.29, 0.717) is 15.9 Å². The van der Waals surface area contributed by atoms with Crippen LogP contribution in [0.25, 0.3) is 0 Å². The Kier molecular flexibility index (Phi) is 11.1. The van der Waals surface area contributed by atoms with Crippen LogP contribution in [0, 0.1) is 0 Å². The first kappa shape index (κ1) is 33.2. The van der Waals surface area contributed by atoms with Crippen molar-refractivity contribution in [1.82, 2.24) is 10.2 Å². The van der Waals surface area contributed by atoms with Crippen molar-refractivity contribution in [3.63, 3.8) is 0 Å². The molecule has 0 unspecified atom stereocenters. The molecule has 0 heterocycles. The smallest absolute Gasteiger partial charge is 0.264 e. The van der Waals surface area contributed by atoms with Crippen LogP contribution in [-0.4, -0.2) is 50.9 Å². The highest BCUT2D eigenvalue weighted by atomic mass is 79.9. The van der Waals surface area contributed by atoms with E-state index in [1.54, 1.807) is 49.6 Å². The van der Waals surface area contributed by atoms with Gasteiger partial charge in [-0.3, -0.25) is 13.9 Å². The number of amides is 2. The first-order valence-electron chi connectivity index (χ1n) is 15.3. The van der Waals surface area contributed by atoms with Gasteiger partial charge in [-0.1, -0.05) is 95.5 Å². The van der Waals surface area contributed by atoms with E-state index in [-0.39, 0.29) is 29.8 Å². The van der Waals surface area contributed by atoms with E-state index in [1.165, 1.54) is 17.0 Å². The van der Waals surface area contributed by atoms with Crippen molar-refractivity contribution in [3.05, 3.63) is 125 Å². The van der Waals surface area contributed by atoms with E-state index in [0.717, 1.165) is 41.1 Å². The molecule has 1 atom stereocenters. The SMILES string of the molecule is COc1cccc(CN(C(=O)CN(c2cccc(Br)c2)S(=O)(=O)c2ccccc2)[C@@H](Cc2ccccc2)C(=O)NC2CCCC2)c1. The van der Waals surface area contributed by atoms with Gasteiger partial charge >= 0.3 is 0 Å². The third kappa shape index (κ3) is 8.35. The first-order valence-corrected chi connectivity index (χ1v) is 17.6. The number of hydrogen-bond donors (Lipinski definition) is 1. The Bertz CT molecular complexity index is 1730. The standard InChI is InChI=1S/C36H38BrN3O5S/c1-45-32-19-10-14-28(22-32)25-39(34(23-27-12-4-2-5-13-27)36(42)38-30-16-8-9-17-30)35(41)26-40(31-18-11-15-29(37)24-31)46(43,44)33-20-6-3-7-21-33/h2-7,10-15,18-22,24,30,34H,8-9,16-17,23,25-26H2,1H3,(H,38,42)/t34-/m0/s1. The van der Waals surface area contributed by atoms with Gasteiger partial charge in [0, 0.05) is 23.5 Å². The molecule has 240 valence electrons. The number of benzene rings is 4. The molecule has 5 rings (SSSR count). The number of carbonyl (C=O) groups excluding carboxylic acids is 2. The summed E-state index contributed by atoms with van der Waals surface area (Å²) in [6.45, 7) is -0.441. The maximum absolute atomic E-state index is 14.6. The molecule has 4 aromatic rings. The molecule has 8 nitrogen and oxygen atoms in total. The van der Waals surface area contributed by atoms with E-state index in [4.69, 9.17) is 4.74 Å². The Morgan fingerprint density at radius 1 is 0.870 bits per heavy atom. The number of anilines is 1. The lowest BCUT2D eigenvalue weighted by molar-refractivity contribution is -0.140. The largest absolute Gasteiger partial charge is 0.497 e. The van der Waals surface area contributed by atoms with Gasteiger partial charge in [0.25, 0.3) is 10.0 Å². The van der Waals surface area contributed by atoms with Crippen LogP contribution in [-0.2, 0) is 32.6 Å². The van der Waals surface area contributed by atoms with Gasteiger partial charge in [0.05, 0.1) is 17.7 Å². The molecular weight excluding hydrogens is 666 g/mol. The molecule has 4 aromatic carbocycles. The molecule has 0 aromatic heterocycles. The lowest BCUT2D eigenvalue weighted by Crippen LogP contribution is -2.54. The highest BCUT2D eigenvalue weighted by Gasteiger charge is 2.35. The maximum atomic E-state index is 14.6. The summed E-state index contributed by atoms with van der Waals surface area (Å²) in [5.74, 6) is -0.154. The predicted octanol–water partition coefficient (Wildman–Crippen LogP) is 6.35. The Morgan fingerprint density at radius 3 is 2.20 bits per heavy atom. The van der Waals surface area contributed by atoms with Crippen LogP contribution in [0.15, 0.2) is 119 Å². The van der Waals surface area contributed by atoms with Crippen LogP contribution in [0.1, 0.15) is 36.8 Å². The second-order valence-electron chi connectivity index (χ2n) is 11.4. The fraction of sp³-hybridized carbons (Fsp3) is 0.278. The molecule has 2 amide bonds. The minimum atomic E-state index is -4.16. The van der Waals surface area contributed by atoms with E-state index < -0.39 is 28.5 Å². The molecular formula is C36H38BrN3O5S. The van der Waals surface area contributed by atoms with Crippen LogP contribution in [0.4, 0.5) is 5.69 Å². The van der Waals surface area contributed by atoms with Crippen LogP contribution in [0.2, 0.25) is 0 Å². The molecule has 1 saturated carbocycles. The molecule has 0 saturated heterocycles. The Balaban J connectivity index is 1.57. The number of halogens is 1. The van der Waals surface area contributed by atoms with Crippen molar-refractivity contribution in [2.24, 2.45) is 0 Å². The van der Waals surface area contributed by atoms with Gasteiger partial charge < -0.3 is 15.0 Å². The van der Waals surface area contributed by atoms with Gasteiger partial charge in [-0.25, -0.2) is 8.42 Å². The minimum Gasteiger partial charge on any atom is -0.497 e. The molecule has 1 aliphatic rings. The summed E-state index contributed by atoms with van der Waals surface area (Å²) < 4.78 is 35.4. The van der Waals surface area contributed by atoms with Gasteiger partial charge in [0.1, 0.15) is 18.3 Å². The van der Waals surface area contributed by atoms with Crippen molar-refractivity contribution >= 4 is 43.5 Å². The number of nitrogens with one attached hydrogen (secondary N) is 1. The van der Waals surface area contributed by atoms with E-state index >= 15 is 0 Å². The zero-order valence-corrected chi connectivity index (χ0v) is 28.1.